The minimum absolute atomic E-state index is 0.0240. The van der Waals surface area contributed by atoms with Crippen LogP contribution < -0.4 is 10.2 Å². The maximum absolute atomic E-state index is 15.5. The van der Waals surface area contributed by atoms with Crippen LogP contribution >= 0.6 is 0 Å². The fraction of sp³-hybridized carbons (Fsp3) is 0.655. The van der Waals surface area contributed by atoms with E-state index in [0.717, 1.165) is 0 Å². The molecular formula is C29H38BFO8. The van der Waals surface area contributed by atoms with E-state index in [4.69, 9.17) is 9.39 Å². The zero-order valence-corrected chi connectivity index (χ0v) is 22.9. The lowest BCUT2D eigenvalue weighted by atomic mass is 9.41. The van der Waals surface area contributed by atoms with Crippen molar-refractivity contribution in [3.63, 3.8) is 0 Å². The van der Waals surface area contributed by atoms with Gasteiger partial charge in [0.15, 0.2) is 23.5 Å². The Balaban J connectivity index is 1.69. The normalized spacial score (nSPS) is 42.3. The number of hydrogen-bond acceptors (Lipinski definition) is 7. The van der Waals surface area contributed by atoms with Crippen molar-refractivity contribution in [1.29, 1.82) is 0 Å². The number of aliphatic hydroxyl groups excluding tert-OH is 2. The first-order chi connectivity index (χ1) is 18.2. The number of carboxylic acid groups (broad SMARTS) is 1. The molecule has 4 aliphatic rings. The minimum Gasteiger partial charge on any atom is -0.478 e. The Morgan fingerprint density at radius 3 is 2.62 bits per heavy atom. The van der Waals surface area contributed by atoms with Crippen LogP contribution in [0.1, 0.15) is 58.9 Å². The quantitative estimate of drug-likeness (QED) is 0.328. The first-order valence-electron chi connectivity index (χ1n) is 13.8. The number of fused-ring (bicyclic) bond motifs is 1. The number of carboxylic acids is 1. The third-order valence-electron chi connectivity index (χ3n) is 11.2. The summed E-state index contributed by atoms with van der Waals surface area (Å²) in [5.74, 6) is -4.95. The van der Waals surface area contributed by atoms with Gasteiger partial charge >= 0.3 is 13.1 Å². The number of halogens is 1. The Morgan fingerprint density at radius 2 is 1.97 bits per heavy atom. The first-order valence-corrected chi connectivity index (χ1v) is 13.8. The largest absolute Gasteiger partial charge is 0.494 e. The van der Waals surface area contributed by atoms with Crippen molar-refractivity contribution in [2.45, 2.75) is 78.3 Å². The molecule has 4 N–H and O–H groups in total. The van der Waals surface area contributed by atoms with Gasteiger partial charge in [-0.25, -0.2) is 9.18 Å². The standard InChI is InChI=1S/C29H38BFO8/c1-6-27(4)11-17(23(26(35)36)39-19-8-7-16-13-38-30(37)20(16)21(19)31)28(5)14(2)9-10-29(15(3)25(27)34)12-18(32)22(33)24(28)29/h6-8,14-15,17-18,23-25,32,34,37H,1,9-13H2,2-5H3,(H,35,36)/t14-,15+,17+,18+,23?,24+,25+,27-,28-,29+/m1/s1. The van der Waals surface area contributed by atoms with E-state index in [-0.39, 0.29) is 48.3 Å². The van der Waals surface area contributed by atoms with E-state index in [2.05, 4.69) is 6.58 Å². The summed E-state index contributed by atoms with van der Waals surface area (Å²) < 4.78 is 26.7. The van der Waals surface area contributed by atoms with Gasteiger partial charge in [0.2, 0.25) is 0 Å². The van der Waals surface area contributed by atoms with Crippen molar-refractivity contribution in [3.8, 4) is 5.75 Å². The summed E-state index contributed by atoms with van der Waals surface area (Å²) in [6, 6.07) is 2.87. The maximum atomic E-state index is 15.5. The first kappa shape index (κ1) is 28.3. The van der Waals surface area contributed by atoms with E-state index < -0.39 is 65.3 Å². The van der Waals surface area contributed by atoms with Crippen molar-refractivity contribution >= 4 is 24.3 Å². The highest BCUT2D eigenvalue weighted by atomic mass is 19.1. The molecule has 5 rings (SSSR count). The molecule has 3 saturated carbocycles. The number of carbonyl (C=O) groups excluding carboxylic acids is 1. The monoisotopic (exact) mass is 544 g/mol. The molecule has 2 bridgehead atoms. The van der Waals surface area contributed by atoms with Crippen LogP contribution in [0.4, 0.5) is 4.39 Å². The van der Waals surface area contributed by atoms with Crippen molar-refractivity contribution in [2.75, 3.05) is 0 Å². The van der Waals surface area contributed by atoms with Gasteiger partial charge in [-0.05, 0) is 60.0 Å². The van der Waals surface area contributed by atoms with Crippen molar-refractivity contribution in [1.82, 2.24) is 0 Å². The highest BCUT2D eigenvalue weighted by molar-refractivity contribution is 6.61. The summed E-state index contributed by atoms with van der Waals surface area (Å²) in [4.78, 5) is 26.7. The third kappa shape index (κ3) is 3.85. The van der Waals surface area contributed by atoms with Gasteiger partial charge in [0, 0.05) is 22.7 Å². The SMILES string of the molecule is C=C[C@]1(C)C[C@@H](C(Oc2ccc3c(c2F)B(O)OC3)C(=O)O)[C@@]2(C)[C@H](C)CC[C@]3(C[C@H](O)C(=O)[C@H]32)[C@@H](C)[C@@H]1O. The second-order valence-corrected chi connectivity index (χ2v) is 12.8. The molecule has 3 fully saturated rings. The van der Waals surface area contributed by atoms with Crippen LogP contribution in [0.3, 0.4) is 0 Å². The molecule has 1 unspecified atom stereocenters. The molecule has 0 radical (unpaired) electrons. The van der Waals surface area contributed by atoms with Gasteiger partial charge in [0.05, 0.1) is 12.7 Å². The highest BCUT2D eigenvalue weighted by Crippen LogP contribution is 2.69. The second kappa shape index (κ2) is 9.40. The number of aliphatic carboxylic acids is 1. The number of aliphatic hydroxyl groups is 2. The molecule has 39 heavy (non-hydrogen) atoms. The van der Waals surface area contributed by atoms with Crippen LogP contribution in [0.15, 0.2) is 24.8 Å². The summed E-state index contributed by atoms with van der Waals surface area (Å²) in [6.45, 7) is 11.6. The summed E-state index contributed by atoms with van der Waals surface area (Å²) >= 11 is 0. The second-order valence-electron chi connectivity index (χ2n) is 12.8. The van der Waals surface area contributed by atoms with E-state index in [9.17, 15) is 29.9 Å². The fourth-order valence-corrected chi connectivity index (χ4v) is 8.69. The molecule has 1 aliphatic heterocycles. The average molecular weight is 544 g/mol. The van der Waals surface area contributed by atoms with Crippen LogP contribution in [0.2, 0.25) is 0 Å². The maximum Gasteiger partial charge on any atom is 0.494 e. The predicted molar refractivity (Wildman–Crippen MR) is 140 cm³/mol. The summed E-state index contributed by atoms with van der Waals surface area (Å²) in [5.41, 5.74) is -2.27. The zero-order valence-electron chi connectivity index (χ0n) is 22.9. The van der Waals surface area contributed by atoms with Gasteiger partial charge in [-0.2, -0.15) is 0 Å². The number of Topliss-reactive ketones (excluding diaryl/α,β-unsaturated/α-hetero) is 1. The topological polar surface area (TPSA) is 134 Å². The molecule has 212 valence electrons. The van der Waals surface area contributed by atoms with Gasteiger partial charge in [-0.1, -0.05) is 39.8 Å². The van der Waals surface area contributed by atoms with Gasteiger partial charge in [-0.3, -0.25) is 4.79 Å². The number of rotatable bonds is 5. The van der Waals surface area contributed by atoms with E-state index in [1.165, 1.54) is 12.1 Å². The summed E-state index contributed by atoms with van der Waals surface area (Å²) in [7, 11) is -1.48. The zero-order chi connectivity index (χ0) is 28.7. The number of ether oxygens (including phenoxy) is 1. The lowest BCUT2D eigenvalue weighted by Crippen LogP contribution is -2.63. The van der Waals surface area contributed by atoms with Crippen LogP contribution in [-0.4, -0.2) is 57.5 Å². The molecule has 0 saturated heterocycles. The van der Waals surface area contributed by atoms with Crippen molar-refractivity contribution < 1.29 is 43.7 Å². The summed E-state index contributed by atoms with van der Waals surface area (Å²) in [6.07, 6.45) is -0.513. The molecule has 10 heteroatoms. The molecular weight excluding hydrogens is 506 g/mol. The number of carbonyl (C=O) groups is 2. The minimum atomic E-state index is -1.59. The van der Waals surface area contributed by atoms with E-state index in [1.54, 1.807) is 6.08 Å². The smallest absolute Gasteiger partial charge is 0.478 e. The lowest BCUT2D eigenvalue weighted by molar-refractivity contribution is -0.193. The predicted octanol–water partition coefficient (Wildman–Crippen LogP) is 2.46. The van der Waals surface area contributed by atoms with Gasteiger partial charge in [0.25, 0.3) is 0 Å². The van der Waals surface area contributed by atoms with Gasteiger partial charge < -0.3 is 29.7 Å². The van der Waals surface area contributed by atoms with Crippen LogP contribution in [-0.2, 0) is 20.9 Å². The van der Waals surface area contributed by atoms with Crippen molar-refractivity contribution in [3.05, 3.63) is 36.2 Å². The summed E-state index contributed by atoms with van der Waals surface area (Å²) in [5, 5.41) is 43.3. The number of benzene rings is 1. The Kier molecular flexibility index (Phi) is 6.81. The third-order valence-corrected chi connectivity index (χ3v) is 11.2. The van der Waals surface area contributed by atoms with Crippen LogP contribution in [0, 0.1) is 45.7 Å². The van der Waals surface area contributed by atoms with E-state index in [1.807, 2.05) is 27.7 Å². The molecule has 0 spiro atoms. The van der Waals surface area contributed by atoms with Crippen molar-refractivity contribution in [2.24, 2.45) is 39.9 Å². The van der Waals surface area contributed by atoms with Crippen LogP contribution in [0.25, 0.3) is 0 Å². The Hall–Kier alpha value is -2.27. The fourth-order valence-electron chi connectivity index (χ4n) is 8.69. The molecule has 1 aromatic carbocycles. The highest BCUT2D eigenvalue weighted by Gasteiger charge is 2.70. The molecule has 10 atom stereocenters. The Morgan fingerprint density at radius 1 is 1.28 bits per heavy atom. The lowest BCUT2D eigenvalue weighted by Gasteiger charge is -2.62. The molecule has 8 nitrogen and oxygen atoms in total. The average Bonchev–Trinajstić information content (AvgIpc) is 3.40. The molecule has 1 aromatic rings. The Labute approximate surface area is 228 Å². The number of hydrogen-bond donors (Lipinski definition) is 4. The molecule has 1 heterocycles. The Bertz CT molecular complexity index is 1210. The molecule has 3 aliphatic carbocycles. The van der Waals surface area contributed by atoms with Crippen LogP contribution in [0.5, 0.6) is 5.75 Å². The van der Waals surface area contributed by atoms with Gasteiger partial charge in [0.1, 0.15) is 6.10 Å². The van der Waals surface area contributed by atoms with E-state index >= 15 is 4.39 Å². The van der Waals surface area contributed by atoms with Gasteiger partial charge in [-0.15, -0.1) is 6.58 Å². The number of ketones is 1. The molecule has 0 amide bonds. The van der Waals surface area contributed by atoms with E-state index in [0.29, 0.717) is 18.4 Å². The molecule has 0 aromatic heterocycles.